The molecule has 0 N–H and O–H groups in total. The largest absolute Gasteiger partial charge is 0.475 e. The zero-order valence-corrected chi connectivity index (χ0v) is 12.2. The maximum absolute atomic E-state index is 12.9. The third-order valence-electron chi connectivity index (χ3n) is 3.95. The lowest BCUT2D eigenvalue weighted by molar-refractivity contribution is 0.0796. The molecule has 1 unspecified atom stereocenters. The maximum atomic E-state index is 12.9. The summed E-state index contributed by atoms with van der Waals surface area (Å²) in [7, 11) is 0. The van der Waals surface area contributed by atoms with Gasteiger partial charge >= 0.3 is 0 Å². The molecule has 3 aromatic rings. The molecule has 108 valence electrons. The van der Waals surface area contributed by atoms with Gasteiger partial charge in [0.15, 0.2) is 6.10 Å². The van der Waals surface area contributed by atoms with Gasteiger partial charge in [0.05, 0.1) is 11.4 Å². The standard InChI is InChI=1S/C19H15NO2/c1-13-6-4-7-14(12-13)19-18(21)16-9-5-11-20(16)15-8-2-3-10-17(15)22-19/h2-12,19H,1H3. The second-order valence-corrected chi connectivity index (χ2v) is 5.51. The van der Waals surface area contributed by atoms with Crippen molar-refractivity contribution in [2.75, 3.05) is 0 Å². The van der Waals surface area contributed by atoms with Crippen LogP contribution in [0.2, 0.25) is 0 Å². The molecule has 0 spiro atoms. The number of hydrogen-bond donors (Lipinski definition) is 0. The van der Waals surface area contributed by atoms with Crippen molar-refractivity contribution in [1.82, 2.24) is 4.57 Å². The van der Waals surface area contributed by atoms with Crippen LogP contribution in [0.4, 0.5) is 0 Å². The molecular formula is C19H15NO2. The van der Waals surface area contributed by atoms with E-state index in [9.17, 15) is 4.79 Å². The Morgan fingerprint density at radius 1 is 1.00 bits per heavy atom. The van der Waals surface area contributed by atoms with Gasteiger partial charge in [-0.1, -0.05) is 42.0 Å². The quantitative estimate of drug-likeness (QED) is 0.675. The number of fused-ring (bicyclic) bond motifs is 3. The maximum Gasteiger partial charge on any atom is 0.224 e. The molecule has 1 atom stereocenters. The SMILES string of the molecule is Cc1cccc(C2Oc3ccccc3-n3cccc3C2=O)c1. The van der Waals surface area contributed by atoms with Crippen LogP contribution in [0.5, 0.6) is 5.75 Å². The number of carbonyl (C=O) groups excluding carboxylic acids is 1. The fourth-order valence-corrected chi connectivity index (χ4v) is 2.92. The number of ether oxygens (including phenoxy) is 1. The summed E-state index contributed by atoms with van der Waals surface area (Å²) < 4.78 is 7.98. The summed E-state index contributed by atoms with van der Waals surface area (Å²) in [5.41, 5.74) is 3.54. The van der Waals surface area contributed by atoms with Crippen LogP contribution < -0.4 is 4.74 Å². The van der Waals surface area contributed by atoms with Crippen LogP contribution in [0.15, 0.2) is 66.9 Å². The number of rotatable bonds is 1. The van der Waals surface area contributed by atoms with E-state index in [1.165, 1.54) is 0 Å². The van der Waals surface area contributed by atoms with Gasteiger partial charge < -0.3 is 9.30 Å². The monoisotopic (exact) mass is 289 g/mol. The second-order valence-electron chi connectivity index (χ2n) is 5.51. The molecule has 3 heteroatoms. The molecule has 4 rings (SSSR count). The summed E-state index contributed by atoms with van der Waals surface area (Å²) in [6.45, 7) is 2.02. The summed E-state index contributed by atoms with van der Waals surface area (Å²) >= 11 is 0. The molecule has 3 nitrogen and oxygen atoms in total. The van der Waals surface area contributed by atoms with Gasteiger partial charge in [-0.25, -0.2) is 0 Å². The van der Waals surface area contributed by atoms with Crippen molar-refractivity contribution in [3.8, 4) is 11.4 Å². The van der Waals surface area contributed by atoms with Crippen LogP contribution in [0.25, 0.3) is 5.69 Å². The predicted octanol–water partition coefficient (Wildman–Crippen LogP) is 4.10. The lowest BCUT2D eigenvalue weighted by atomic mass is 10.0. The van der Waals surface area contributed by atoms with Gasteiger partial charge in [0.1, 0.15) is 5.75 Å². The first kappa shape index (κ1) is 12.9. The van der Waals surface area contributed by atoms with E-state index in [-0.39, 0.29) is 5.78 Å². The highest BCUT2D eigenvalue weighted by molar-refractivity contribution is 6.00. The van der Waals surface area contributed by atoms with E-state index < -0.39 is 6.10 Å². The zero-order valence-electron chi connectivity index (χ0n) is 12.2. The first-order valence-electron chi connectivity index (χ1n) is 7.28. The van der Waals surface area contributed by atoms with Gasteiger partial charge in [0, 0.05) is 11.8 Å². The molecule has 2 aromatic carbocycles. The number of aryl methyl sites for hydroxylation is 1. The fourth-order valence-electron chi connectivity index (χ4n) is 2.92. The number of carbonyl (C=O) groups is 1. The number of ketones is 1. The van der Waals surface area contributed by atoms with Gasteiger partial charge in [0.25, 0.3) is 0 Å². The lowest BCUT2D eigenvalue weighted by Gasteiger charge is -2.16. The van der Waals surface area contributed by atoms with Crippen molar-refractivity contribution in [2.24, 2.45) is 0 Å². The Bertz CT molecular complexity index is 863. The molecule has 0 saturated carbocycles. The summed E-state index contributed by atoms with van der Waals surface area (Å²) in [5, 5.41) is 0. The van der Waals surface area contributed by atoms with Gasteiger partial charge in [-0.15, -0.1) is 0 Å². The zero-order chi connectivity index (χ0) is 15.1. The number of hydrogen-bond acceptors (Lipinski definition) is 2. The van der Waals surface area contributed by atoms with E-state index in [1.807, 2.05) is 78.4 Å². The molecule has 0 fully saturated rings. The Kier molecular flexibility index (Phi) is 2.86. The van der Waals surface area contributed by atoms with Crippen molar-refractivity contribution in [1.29, 1.82) is 0 Å². The van der Waals surface area contributed by atoms with Crippen molar-refractivity contribution in [3.63, 3.8) is 0 Å². The number of aromatic nitrogens is 1. The highest BCUT2D eigenvalue weighted by Crippen LogP contribution is 2.35. The summed E-state index contributed by atoms with van der Waals surface area (Å²) in [6, 6.07) is 19.4. The first-order chi connectivity index (χ1) is 10.7. The predicted molar refractivity (Wildman–Crippen MR) is 84.6 cm³/mol. The van der Waals surface area contributed by atoms with E-state index >= 15 is 0 Å². The van der Waals surface area contributed by atoms with Gasteiger partial charge in [-0.05, 0) is 31.2 Å². The lowest BCUT2D eigenvalue weighted by Crippen LogP contribution is -2.18. The molecule has 1 aliphatic rings. The second kappa shape index (κ2) is 4.88. The van der Waals surface area contributed by atoms with Crippen molar-refractivity contribution < 1.29 is 9.53 Å². The van der Waals surface area contributed by atoms with Crippen molar-refractivity contribution in [3.05, 3.63) is 83.7 Å². The van der Waals surface area contributed by atoms with Crippen LogP contribution in [-0.2, 0) is 0 Å². The van der Waals surface area contributed by atoms with Crippen LogP contribution in [-0.4, -0.2) is 10.4 Å². The third-order valence-corrected chi connectivity index (χ3v) is 3.95. The third kappa shape index (κ3) is 1.94. The molecule has 0 saturated heterocycles. The molecule has 0 bridgehead atoms. The molecule has 1 aromatic heterocycles. The number of nitrogens with zero attached hydrogens (tertiary/aromatic N) is 1. The Labute approximate surface area is 128 Å². The van der Waals surface area contributed by atoms with E-state index in [4.69, 9.17) is 4.74 Å². The van der Waals surface area contributed by atoms with Gasteiger partial charge in [-0.3, -0.25) is 4.79 Å². The summed E-state index contributed by atoms with van der Waals surface area (Å²) in [4.78, 5) is 12.9. The van der Waals surface area contributed by atoms with Crippen molar-refractivity contribution in [2.45, 2.75) is 13.0 Å². The van der Waals surface area contributed by atoms with Crippen LogP contribution in [0.1, 0.15) is 27.7 Å². The Hall–Kier alpha value is -2.81. The number of benzene rings is 2. The highest BCUT2D eigenvalue weighted by Gasteiger charge is 2.30. The average Bonchev–Trinajstić information content (AvgIpc) is 2.98. The number of para-hydroxylation sites is 2. The Morgan fingerprint density at radius 2 is 1.86 bits per heavy atom. The topological polar surface area (TPSA) is 31.2 Å². The molecule has 0 amide bonds. The molecule has 0 radical (unpaired) electrons. The van der Waals surface area contributed by atoms with Crippen LogP contribution in [0, 0.1) is 6.92 Å². The van der Waals surface area contributed by atoms with Gasteiger partial charge in [0.2, 0.25) is 5.78 Å². The van der Waals surface area contributed by atoms with Crippen LogP contribution >= 0.6 is 0 Å². The first-order valence-corrected chi connectivity index (χ1v) is 7.28. The van der Waals surface area contributed by atoms with E-state index in [1.54, 1.807) is 0 Å². The van der Waals surface area contributed by atoms with Gasteiger partial charge in [-0.2, -0.15) is 0 Å². The van der Waals surface area contributed by atoms with Crippen molar-refractivity contribution >= 4 is 5.78 Å². The molecule has 1 aliphatic heterocycles. The average molecular weight is 289 g/mol. The normalized spacial score (nSPS) is 16.4. The minimum atomic E-state index is -0.614. The molecule has 22 heavy (non-hydrogen) atoms. The molecular weight excluding hydrogens is 274 g/mol. The molecule has 0 aliphatic carbocycles. The number of Topliss-reactive ketones (excluding diaryl/α,β-unsaturated/α-hetero) is 1. The summed E-state index contributed by atoms with van der Waals surface area (Å²) in [5.74, 6) is 0.698. The minimum Gasteiger partial charge on any atom is -0.475 e. The van der Waals surface area contributed by atoms with E-state index in [0.717, 1.165) is 22.6 Å². The minimum absolute atomic E-state index is 0.0215. The van der Waals surface area contributed by atoms with E-state index in [0.29, 0.717) is 5.69 Å². The molecule has 2 heterocycles. The highest BCUT2D eigenvalue weighted by atomic mass is 16.5. The van der Waals surface area contributed by atoms with E-state index in [2.05, 4.69) is 0 Å². The van der Waals surface area contributed by atoms with Crippen LogP contribution in [0.3, 0.4) is 0 Å². The fraction of sp³-hybridized carbons (Fsp3) is 0.105. The smallest absolute Gasteiger partial charge is 0.224 e. The Morgan fingerprint density at radius 3 is 2.73 bits per heavy atom. The summed E-state index contributed by atoms with van der Waals surface area (Å²) in [6.07, 6.45) is 1.28. The Balaban J connectivity index is 1.92.